The minimum Gasteiger partial charge on any atom is -0.236 e. The lowest BCUT2D eigenvalue weighted by molar-refractivity contribution is 1.24. The van der Waals surface area contributed by atoms with E-state index in [2.05, 4.69) is 331 Å². The minimum atomic E-state index is -3.27. The molecule has 0 bridgehead atoms. The molecule has 1 aliphatic rings. The molecule has 13 rings (SSSR count). The van der Waals surface area contributed by atoms with E-state index in [1.165, 1.54) is 69.5 Å². The number of thiazole rings is 2. The Bertz CT molecular complexity index is 3660. The van der Waals surface area contributed by atoms with Crippen LogP contribution in [0.25, 0.3) is 52.7 Å². The second-order valence-corrected chi connectivity index (χ2v) is 55.2. The van der Waals surface area contributed by atoms with E-state index in [1.54, 1.807) is 0 Å². The number of fused-ring (bicyclic) bond motifs is 5. The Balaban J connectivity index is 0.928. The lowest BCUT2D eigenvalue weighted by Gasteiger charge is -2.58. The van der Waals surface area contributed by atoms with Crippen LogP contribution in [0.2, 0.25) is 0 Å². The molecule has 2 aromatic heterocycles. The van der Waals surface area contributed by atoms with E-state index in [9.17, 15) is 0 Å². The van der Waals surface area contributed by atoms with E-state index in [-0.39, 0.29) is 0 Å². The zero-order valence-corrected chi connectivity index (χ0v) is 51.2. The second kappa shape index (κ2) is 17.9. The molecule has 0 spiro atoms. The van der Waals surface area contributed by atoms with Gasteiger partial charge in [-0.1, -0.05) is 218 Å². The number of aromatic nitrogens is 2. The largest absolute Gasteiger partial charge is 0.236 e. The highest BCUT2D eigenvalue weighted by Gasteiger charge is 2.48. The van der Waals surface area contributed by atoms with Gasteiger partial charge in [0.1, 0.15) is 10.0 Å². The Morgan fingerprint density at radius 2 is 0.608 bits per heavy atom. The third kappa shape index (κ3) is 7.14. The van der Waals surface area contributed by atoms with Crippen LogP contribution in [0.15, 0.2) is 304 Å². The van der Waals surface area contributed by atoms with Gasteiger partial charge in [-0.3, -0.25) is 0 Å². The predicted molar refractivity (Wildman–Crippen MR) is 351 cm³/mol. The molecule has 0 aliphatic carbocycles. The first kappa shape index (κ1) is 48.8. The van der Waals surface area contributed by atoms with Gasteiger partial charge in [-0.05, 0) is 173 Å². The van der Waals surface area contributed by atoms with Gasteiger partial charge in [-0.25, -0.2) is 16.3 Å². The molecule has 0 atom stereocenters. The summed E-state index contributed by atoms with van der Waals surface area (Å²) in [6.45, 7) is 0. The molecule has 2 nitrogen and oxygen atoms in total. The molecule has 1 aliphatic heterocycles. The summed E-state index contributed by atoms with van der Waals surface area (Å²) in [4.78, 5) is 24.5. The van der Waals surface area contributed by atoms with Crippen LogP contribution in [0.5, 0.6) is 0 Å². The Hall–Kier alpha value is -4.78. The Morgan fingerprint density at radius 1 is 0.338 bits per heavy atom. The van der Waals surface area contributed by atoms with Gasteiger partial charge in [-0.15, -0.1) is 22.7 Å². The molecule has 368 valence electrons. The summed E-state index contributed by atoms with van der Waals surface area (Å²) >= 11 is 12.2. The number of halogens is 3. The Morgan fingerprint density at radius 3 is 0.892 bits per heavy atom. The zero-order chi connectivity index (χ0) is 50.4. The SMILES string of the molecule is C[SH]1(C)(I)c2cc3sc(-c4cccc([SH](I)(c5ccccc5)(c5ccccc5)c5ccccc5)c4)nc3cc2-c2cc3nc(-c4cccc([SH](I)(c5ccccc5)(c5ccccc5)c5ccccc5)c4)sc3cc21. The van der Waals surface area contributed by atoms with Crippen LogP contribution >= 0.6 is 105 Å². The maximum Gasteiger partial charge on any atom is 0.124 e. The summed E-state index contributed by atoms with van der Waals surface area (Å²) in [6, 6.07) is 95.2. The van der Waals surface area contributed by atoms with Gasteiger partial charge in [0.25, 0.3) is 0 Å². The van der Waals surface area contributed by atoms with Crippen molar-refractivity contribution in [3.8, 4) is 32.3 Å². The maximum absolute atomic E-state index is 5.50. The van der Waals surface area contributed by atoms with E-state index < -0.39 is 19.0 Å². The number of nitrogens with zero attached hydrogens (tertiary/aromatic N) is 2. The van der Waals surface area contributed by atoms with E-state index in [0.29, 0.717) is 0 Å². The predicted octanol–water partition coefficient (Wildman–Crippen LogP) is 21.2. The van der Waals surface area contributed by atoms with E-state index in [0.717, 1.165) is 32.2 Å². The smallest absolute Gasteiger partial charge is 0.124 e. The van der Waals surface area contributed by atoms with Gasteiger partial charge < -0.3 is 0 Å². The van der Waals surface area contributed by atoms with Crippen molar-refractivity contribution in [1.29, 1.82) is 0 Å². The third-order valence-electron chi connectivity index (χ3n) is 15.3. The van der Waals surface area contributed by atoms with Gasteiger partial charge in [0.15, 0.2) is 0 Å². The first-order valence-corrected chi connectivity index (χ1v) is 42.1. The van der Waals surface area contributed by atoms with Crippen LogP contribution < -0.4 is 0 Å². The molecule has 10 aromatic carbocycles. The number of benzene rings is 10. The van der Waals surface area contributed by atoms with E-state index >= 15 is 0 Å². The average molecular weight is 1390 g/mol. The zero-order valence-electron chi connectivity index (χ0n) is 40.4. The van der Waals surface area contributed by atoms with Crippen molar-refractivity contribution in [3.63, 3.8) is 0 Å². The molecule has 10 heteroatoms. The number of hydrogen-bond donors (Lipinski definition) is 3. The van der Waals surface area contributed by atoms with Gasteiger partial charge in [0, 0.05) is 11.1 Å². The Kier molecular flexibility index (Phi) is 11.8. The average Bonchev–Trinajstić information content (AvgIpc) is 4.20. The first-order valence-electron chi connectivity index (χ1n) is 24.5. The Labute approximate surface area is 478 Å². The first-order chi connectivity index (χ1) is 35.8. The van der Waals surface area contributed by atoms with Gasteiger partial charge >= 0.3 is 0 Å². The third-order valence-corrected chi connectivity index (χ3v) is 47.5. The van der Waals surface area contributed by atoms with Gasteiger partial charge in [0.2, 0.25) is 0 Å². The quantitative estimate of drug-likeness (QED) is 0.0940. The normalized spacial score (nSPS) is 15.4. The van der Waals surface area contributed by atoms with Crippen molar-refractivity contribution >= 4 is 126 Å². The van der Waals surface area contributed by atoms with Crippen LogP contribution in [0.3, 0.4) is 0 Å². The molecule has 3 heterocycles. The fourth-order valence-corrected chi connectivity index (χ4v) is 36.2. The van der Waals surface area contributed by atoms with Crippen LogP contribution in [0, 0.1) is 0 Å². The lowest BCUT2D eigenvalue weighted by atomic mass is 10.1. The van der Waals surface area contributed by atoms with E-state index in [1.807, 2.05) is 22.7 Å². The van der Waals surface area contributed by atoms with Crippen LogP contribution in [0.4, 0.5) is 0 Å². The van der Waals surface area contributed by atoms with Crippen LogP contribution in [-0.4, -0.2) is 22.5 Å². The summed E-state index contributed by atoms with van der Waals surface area (Å²) in [5.41, 5.74) is 6.94. The van der Waals surface area contributed by atoms with E-state index in [4.69, 9.17) is 9.97 Å². The fraction of sp³-hybridized carbons (Fsp3) is 0.0312. The van der Waals surface area contributed by atoms with Crippen molar-refractivity contribution in [2.75, 3.05) is 12.5 Å². The fourth-order valence-electron chi connectivity index (χ4n) is 11.6. The number of rotatable bonds is 10. The van der Waals surface area contributed by atoms with Crippen LogP contribution in [0.1, 0.15) is 0 Å². The summed E-state index contributed by atoms with van der Waals surface area (Å²) in [5, 5.41) is 2.08. The lowest BCUT2D eigenvalue weighted by Crippen LogP contribution is -2.14. The maximum atomic E-state index is 5.50. The molecule has 12 aromatic rings. The van der Waals surface area contributed by atoms with Crippen molar-refractivity contribution in [1.82, 2.24) is 9.97 Å². The van der Waals surface area contributed by atoms with Gasteiger partial charge in [0.05, 0.1) is 20.4 Å². The highest BCUT2D eigenvalue weighted by Crippen LogP contribution is 2.97. The van der Waals surface area contributed by atoms with Crippen molar-refractivity contribution in [3.05, 3.63) is 255 Å². The summed E-state index contributed by atoms with van der Waals surface area (Å²) < 4.78 is 2.45. The highest BCUT2D eigenvalue weighted by atomic mass is 127. The van der Waals surface area contributed by atoms with Gasteiger partial charge in [-0.2, -0.15) is 12.7 Å². The molecule has 0 N–H and O–H groups in total. The number of hydrogen-bond acceptors (Lipinski definition) is 4. The van der Waals surface area contributed by atoms with Crippen molar-refractivity contribution in [2.45, 2.75) is 49.0 Å². The molecule has 0 radical (unpaired) electrons. The van der Waals surface area contributed by atoms with Crippen LogP contribution in [-0.2, 0) is 0 Å². The monoisotopic (exact) mass is 1390 g/mol. The molecule has 0 amide bonds. The standard InChI is InChI=1S/C64H51I3N2S5/c1-72(2,65)61-43-59-57(68-63(70-59)45-23-21-37-53(39-45)73(66,47-25-9-3-10-26-47,48-27-11-4-12-28-48)49-29-13-5-14-30-49)41-55(61)56-42-58-60(44-62(56)72)71-64(69-58)46-24-22-38-54(40-46)74(67,50-31-15-6-16-32-50,51-33-17-7-18-34-51)52-35-19-8-20-36-52/h3-44,72-74H,1-2H3. The minimum absolute atomic E-state index is 1.04. The van der Waals surface area contributed by atoms with Crippen molar-refractivity contribution in [2.24, 2.45) is 0 Å². The molecule has 0 saturated heterocycles. The molecular weight excluding hydrogens is 1340 g/mol. The molecule has 0 saturated carbocycles. The highest BCUT2D eigenvalue weighted by molar-refractivity contribution is 14.2. The summed E-state index contributed by atoms with van der Waals surface area (Å²) in [6.07, 6.45) is -4.15. The molecule has 0 unspecified atom stereocenters. The molecule has 74 heavy (non-hydrogen) atoms. The second-order valence-electron chi connectivity index (χ2n) is 19.8. The topological polar surface area (TPSA) is 25.8 Å². The molecule has 0 fully saturated rings. The summed E-state index contributed by atoms with van der Waals surface area (Å²) in [7, 11) is 0. The van der Waals surface area contributed by atoms with Crippen molar-refractivity contribution < 1.29 is 0 Å². The number of thiol groups is 3. The molecular formula is C64H51I3N2S5. The summed E-state index contributed by atoms with van der Waals surface area (Å²) in [5.74, 6) is 0.